The smallest absolute Gasteiger partial charge is 0.161 e. The number of rotatable bonds is 4. The Morgan fingerprint density at radius 2 is 2.00 bits per heavy atom. The van der Waals surface area contributed by atoms with Crippen LogP contribution in [0.3, 0.4) is 0 Å². The van der Waals surface area contributed by atoms with Crippen LogP contribution < -0.4 is 9.47 Å². The van der Waals surface area contributed by atoms with Crippen LogP contribution in [0, 0.1) is 0 Å². The number of aliphatic hydroxyl groups excluding tert-OH is 1. The van der Waals surface area contributed by atoms with E-state index in [1.165, 1.54) is 5.56 Å². The van der Waals surface area contributed by atoms with Crippen LogP contribution >= 0.6 is 0 Å². The lowest BCUT2D eigenvalue weighted by atomic mass is 9.95. The summed E-state index contributed by atoms with van der Waals surface area (Å²) in [6.07, 6.45) is 4.49. The maximum Gasteiger partial charge on any atom is 0.161 e. The topological polar surface area (TPSA) is 38.7 Å². The Morgan fingerprint density at radius 3 is 2.67 bits per heavy atom. The van der Waals surface area contributed by atoms with Crippen molar-refractivity contribution in [3.05, 3.63) is 23.8 Å². The van der Waals surface area contributed by atoms with Crippen molar-refractivity contribution < 1.29 is 14.6 Å². The van der Waals surface area contributed by atoms with Gasteiger partial charge in [0.2, 0.25) is 0 Å². The van der Waals surface area contributed by atoms with Gasteiger partial charge >= 0.3 is 0 Å². The number of methoxy groups -OCH3 is 1. The molecule has 3 heteroatoms. The van der Waals surface area contributed by atoms with Crippen molar-refractivity contribution in [3.8, 4) is 11.5 Å². The predicted octanol–water partition coefficient (Wildman–Crippen LogP) is 2.94. The van der Waals surface area contributed by atoms with E-state index in [1.807, 2.05) is 18.2 Å². The third kappa shape index (κ3) is 2.96. The van der Waals surface area contributed by atoms with Crippen molar-refractivity contribution >= 4 is 0 Å². The highest BCUT2D eigenvalue weighted by atomic mass is 16.5. The van der Waals surface area contributed by atoms with Gasteiger partial charge in [0.15, 0.2) is 11.5 Å². The molecule has 1 saturated carbocycles. The van der Waals surface area contributed by atoms with Gasteiger partial charge in [-0.2, -0.15) is 0 Å². The molecule has 0 spiro atoms. The zero-order valence-corrected chi connectivity index (χ0v) is 11.2. The Hall–Kier alpha value is -1.22. The summed E-state index contributed by atoms with van der Waals surface area (Å²) < 4.78 is 11.3. The van der Waals surface area contributed by atoms with Gasteiger partial charge in [-0.3, -0.25) is 0 Å². The molecule has 0 aromatic heterocycles. The molecule has 0 saturated heterocycles. The Labute approximate surface area is 109 Å². The Kier molecular flexibility index (Phi) is 4.48. The summed E-state index contributed by atoms with van der Waals surface area (Å²) in [6, 6.07) is 6.00. The number of hydrogen-bond donors (Lipinski definition) is 1. The number of hydrogen-bond acceptors (Lipinski definition) is 3. The lowest BCUT2D eigenvalue weighted by Crippen LogP contribution is -2.34. The van der Waals surface area contributed by atoms with Gasteiger partial charge in [0, 0.05) is 0 Å². The number of aryl methyl sites for hydroxylation is 1. The highest BCUT2D eigenvalue weighted by Gasteiger charge is 2.25. The van der Waals surface area contributed by atoms with Crippen LogP contribution in [0.5, 0.6) is 11.5 Å². The molecule has 2 unspecified atom stereocenters. The highest BCUT2D eigenvalue weighted by Crippen LogP contribution is 2.32. The molecule has 0 radical (unpaired) electrons. The first kappa shape index (κ1) is 13.2. The first-order valence-electron chi connectivity index (χ1n) is 6.76. The molecular formula is C15H22O3. The fourth-order valence-electron chi connectivity index (χ4n) is 2.41. The van der Waals surface area contributed by atoms with Gasteiger partial charge in [-0.15, -0.1) is 0 Å². The van der Waals surface area contributed by atoms with E-state index in [-0.39, 0.29) is 12.2 Å². The molecule has 0 heterocycles. The van der Waals surface area contributed by atoms with Crippen LogP contribution in [0.4, 0.5) is 0 Å². The summed E-state index contributed by atoms with van der Waals surface area (Å²) in [5.41, 5.74) is 1.23. The third-order valence-electron chi connectivity index (χ3n) is 3.58. The van der Waals surface area contributed by atoms with Crippen molar-refractivity contribution in [2.45, 2.75) is 51.2 Å². The van der Waals surface area contributed by atoms with E-state index in [9.17, 15) is 5.11 Å². The first-order valence-corrected chi connectivity index (χ1v) is 6.76. The van der Waals surface area contributed by atoms with Crippen LogP contribution in [-0.2, 0) is 6.42 Å². The standard InChI is InChI=1S/C15H22O3/c1-3-11-8-9-14(15(10-11)17-2)18-13-7-5-4-6-12(13)16/h8-10,12-13,16H,3-7H2,1-2H3. The minimum atomic E-state index is -0.352. The fourth-order valence-corrected chi connectivity index (χ4v) is 2.41. The monoisotopic (exact) mass is 250 g/mol. The van der Waals surface area contributed by atoms with Gasteiger partial charge in [0.25, 0.3) is 0 Å². The highest BCUT2D eigenvalue weighted by molar-refractivity contribution is 5.43. The molecule has 0 aliphatic heterocycles. The molecular weight excluding hydrogens is 228 g/mol. The maximum absolute atomic E-state index is 9.93. The van der Waals surface area contributed by atoms with Crippen molar-refractivity contribution in [2.24, 2.45) is 0 Å². The van der Waals surface area contributed by atoms with Crippen LogP contribution in [0.15, 0.2) is 18.2 Å². The van der Waals surface area contributed by atoms with E-state index >= 15 is 0 Å². The zero-order chi connectivity index (χ0) is 13.0. The second-order valence-corrected chi connectivity index (χ2v) is 4.85. The second-order valence-electron chi connectivity index (χ2n) is 4.85. The Balaban J connectivity index is 2.12. The summed E-state index contributed by atoms with van der Waals surface area (Å²) in [6.45, 7) is 2.11. The fraction of sp³-hybridized carbons (Fsp3) is 0.600. The Bertz CT molecular complexity index is 389. The van der Waals surface area contributed by atoms with E-state index < -0.39 is 0 Å². The molecule has 1 fully saturated rings. The first-order chi connectivity index (χ1) is 8.74. The molecule has 2 rings (SSSR count). The SMILES string of the molecule is CCc1ccc(OC2CCCCC2O)c(OC)c1. The Morgan fingerprint density at radius 1 is 1.22 bits per heavy atom. The molecule has 0 bridgehead atoms. The van der Waals surface area contributed by atoms with E-state index in [4.69, 9.17) is 9.47 Å². The van der Waals surface area contributed by atoms with Gasteiger partial charge in [0.05, 0.1) is 13.2 Å². The van der Waals surface area contributed by atoms with Gasteiger partial charge < -0.3 is 14.6 Å². The maximum atomic E-state index is 9.93. The van der Waals surface area contributed by atoms with Crippen molar-refractivity contribution in [3.63, 3.8) is 0 Å². The van der Waals surface area contributed by atoms with Gasteiger partial charge in [-0.05, 0) is 43.4 Å². The molecule has 1 aromatic carbocycles. The van der Waals surface area contributed by atoms with Crippen LogP contribution in [0.1, 0.15) is 38.2 Å². The summed E-state index contributed by atoms with van der Waals surface area (Å²) in [5, 5.41) is 9.93. The summed E-state index contributed by atoms with van der Waals surface area (Å²) in [7, 11) is 1.65. The predicted molar refractivity (Wildman–Crippen MR) is 71.3 cm³/mol. The molecule has 1 aliphatic rings. The molecule has 3 nitrogen and oxygen atoms in total. The van der Waals surface area contributed by atoms with Crippen LogP contribution in [0.25, 0.3) is 0 Å². The molecule has 0 amide bonds. The van der Waals surface area contributed by atoms with Crippen LogP contribution in [0.2, 0.25) is 0 Å². The van der Waals surface area contributed by atoms with Crippen molar-refractivity contribution in [1.82, 2.24) is 0 Å². The number of ether oxygens (including phenoxy) is 2. The molecule has 1 N–H and O–H groups in total. The van der Waals surface area contributed by atoms with Gasteiger partial charge in [-0.25, -0.2) is 0 Å². The number of aliphatic hydroxyl groups is 1. The molecule has 1 aromatic rings. The molecule has 100 valence electrons. The summed E-state index contributed by atoms with van der Waals surface area (Å²) in [5.74, 6) is 1.49. The zero-order valence-electron chi connectivity index (χ0n) is 11.2. The number of benzene rings is 1. The lowest BCUT2D eigenvalue weighted by Gasteiger charge is -2.28. The average Bonchev–Trinajstić information content (AvgIpc) is 2.41. The van der Waals surface area contributed by atoms with E-state index in [0.29, 0.717) is 0 Å². The minimum Gasteiger partial charge on any atom is -0.493 e. The van der Waals surface area contributed by atoms with Gasteiger partial charge in [-0.1, -0.05) is 19.4 Å². The van der Waals surface area contributed by atoms with Crippen molar-refractivity contribution in [2.75, 3.05) is 7.11 Å². The van der Waals surface area contributed by atoms with E-state index in [2.05, 4.69) is 6.92 Å². The normalized spacial score (nSPS) is 23.7. The van der Waals surface area contributed by atoms with Crippen LogP contribution in [-0.4, -0.2) is 24.4 Å². The summed E-state index contributed by atoms with van der Waals surface area (Å²) >= 11 is 0. The van der Waals surface area contributed by atoms with E-state index in [1.54, 1.807) is 7.11 Å². The van der Waals surface area contributed by atoms with E-state index in [0.717, 1.165) is 43.6 Å². The largest absolute Gasteiger partial charge is 0.493 e. The quantitative estimate of drug-likeness (QED) is 0.893. The van der Waals surface area contributed by atoms with Crippen molar-refractivity contribution in [1.29, 1.82) is 0 Å². The average molecular weight is 250 g/mol. The minimum absolute atomic E-state index is 0.0971. The van der Waals surface area contributed by atoms with Gasteiger partial charge in [0.1, 0.15) is 6.10 Å². The second kappa shape index (κ2) is 6.10. The molecule has 1 aliphatic carbocycles. The summed E-state index contributed by atoms with van der Waals surface area (Å²) in [4.78, 5) is 0. The third-order valence-corrected chi connectivity index (χ3v) is 3.58. The molecule has 18 heavy (non-hydrogen) atoms. The molecule has 2 atom stereocenters. The lowest BCUT2D eigenvalue weighted by molar-refractivity contribution is 0.00567.